The molecule has 9 heteroatoms. The lowest BCUT2D eigenvalue weighted by Gasteiger charge is -2.13. The van der Waals surface area contributed by atoms with Crippen molar-refractivity contribution in [3.8, 4) is 0 Å². The molecule has 3 amide bonds. The molecule has 0 aliphatic carbocycles. The maximum atomic E-state index is 12.2. The molecule has 0 bridgehead atoms. The fourth-order valence-corrected chi connectivity index (χ4v) is 3.39. The zero-order chi connectivity index (χ0) is 26.4. The largest absolute Gasteiger partial charge is 0.449 e. The van der Waals surface area contributed by atoms with E-state index in [0.717, 1.165) is 77.0 Å². The van der Waals surface area contributed by atoms with Crippen LogP contribution in [-0.2, 0) is 14.2 Å². The fourth-order valence-electron chi connectivity index (χ4n) is 3.39. The molecular formula is C27H45N3O6. The molecule has 3 N–H and O–H groups in total. The molecule has 0 aromatic heterocycles. The van der Waals surface area contributed by atoms with Gasteiger partial charge in [0, 0.05) is 17.1 Å². The van der Waals surface area contributed by atoms with Crippen molar-refractivity contribution in [2.45, 2.75) is 97.8 Å². The topological polar surface area (TPSA) is 115 Å². The molecule has 0 spiro atoms. The van der Waals surface area contributed by atoms with Crippen molar-refractivity contribution in [3.05, 3.63) is 18.2 Å². The van der Waals surface area contributed by atoms with E-state index in [-0.39, 0.29) is 0 Å². The SMILES string of the molecule is CCCCCCOC(=O)Nc1cc(NC(=O)OCCCCCC)cc(NC(=O)OCCCCCC)c1. The van der Waals surface area contributed by atoms with Crippen LogP contribution in [0.4, 0.5) is 31.4 Å². The summed E-state index contributed by atoms with van der Waals surface area (Å²) in [5, 5.41) is 7.94. The van der Waals surface area contributed by atoms with Crippen molar-refractivity contribution in [2.24, 2.45) is 0 Å². The molecule has 204 valence electrons. The first-order chi connectivity index (χ1) is 17.5. The van der Waals surface area contributed by atoms with E-state index in [1.54, 1.807) is 18.2 Å². The van der Waals surface area contributed by atoms with Gasteiger partial charge in [-0.15, -0.1) is 0 Å². The highest BCUT2D eigenvalue weighted by atomic mass is 16.6. The first-order valence-electron chi connectivity index (χ1n) is 13.4. The summed E-state index contributed by atoms with van der Waals surface area (Å²) in [6, 6.07) is 4.70. The third-order valence-corrected chi connectivity index (χ3v) is 5.37. The van der Waals surface area contributed by atoms with Crippen molar-refractivity contribution < 1.29 is 28.6 Å². The number of nitrogens with one attached hydrogen (secondary N) is 3. The highest BCUT2D eigenvalue weighted by Crippen LogP contribution is 2.24. The molecule has 0 atom stereocenters. The van der Waals surface area contributed by atoms with Gasteiger partial charge in [0.25, 0.3) is 0 Å². The summed E-state index contributed by atoms with van der Waals surface area (Å²) in [6.07, 6.45) is 10.2. The summed E-state index contributed by atoms with van der Waals surface area (Å²) in [6.45, 7) is 7.32. The van der Waals surface area contributed by atoms with E-state index in [2.05, 4.69) is 36.7 Å². The third kappa shape index (κ3) is 15.8. The van der Waals surface area contributed by atoms with Crippen LogP contribution in [0.3, 0.4) is 0 Å². The Bertz CT molecular complexity index is 660. The van der Waals surface area contributed by atoms with Gasteiger partial charge >= 0.3 is 18.3 Å². The van der Waals surface area contributed by atoms with Crippen LogP contribution >= 0.6 is 0 Å². The molecule has 36 heavy (non-hydrogen) atoms. The minimum atomic E-state index is -0.605. The number of hydrogen-bond donors (Lipinski definition) is 3. The number of carbonyl (C=O) groups excluding carboxylic acids is 3. The monoisotopic (exact) mass is 507 g/mol. The molecule has 0 fully saturated rings. The van der Waals surface area contributed by atoms with Gasteiger partial charge in [0.05, 0.1) is 19.8 Å². The first-order valence-corrected chi connectivity index (χ1v) is 13.4. The van der Waals surface area contributed by atoms with Gasteiger partial charge in [-0.1, -0.05) is 78.6 Å². The standard InChI is InChI=1S/C27H45N3O6/c1-4-7-10-13-16-34-25(31)28-22-19-23(29-26(32)35-17-14-11-8-5-2)21-24(20-22)30-27(33)36-18-15-12-9-6-3/h19-21H,4-18H2,1-3H3,(H,28,31)(H,29,32)(H,30,33). The second-order valence-electron chi connectivity index (χ2n) is 8.76. The second kappa shape index (κ2) is 20.2. The van der Waals surface area contributed by atoms with Gasteiger partial charge in [0.1, 0.15) is 0 Å². The normalized spacial score (nSPS) is 10.4. The Labute approximate surface area is 216 Å². The lowest BCUT2D eigenvalue weighted by atomic mass is 10.2. The maximum absolute atomic E-state index is 12.2. The third-order valence-electron chi connectivity index (χ3n) is 5.37. The molecule has 0 radical (unpaired) electrons. The van der Waals surface area contributed by atoms with E-state index in [1.165, 1.54) is 0 Å². The van der Waals surface area contributed by atoms with Gasteiger partial charge in [-0.2, -0.15) is 0 Å². The van der Waals surface area contributed by atoms with Crippen LogP contribution in [0.2, 0.25) is 0 Å². The Morgan fingerprint density at radius 2 is 0.778 bits per heavy atom. The van der Waals surface area contributed by atoms with Crippen LogP contribution in [0, 0.1) is 0 Å². The second-order valence-corrected chi connectivity index (χ2v) is 8.76. The molecule has 1 rings (SSSR count). The first kappa shape index (κ1) is 31.1. The number of carbonyl (C=O) groups is 3. The van der Waals surface area contributed by atoms with E-state index in [1.807, 2.05) is 0 Å². The van der Waals surface area contributed by atoms with Crippen LogP contribution in [0.15, 0.2) is 18.2 Å². The lowest BCUT2D eigenvalue weighted by molar-refractivity contribution is 0.158. The quantitative estimate of drug-likeness (QED) is 0.137. The molecule has 0 saturated carbocycles. The number of unbranched alkanes of at least 4 members (excludes halogenated alkanes) is 9. The summed E-state index contributed by atoms with van der Waals surface area (Å²) in [4.78, 5) is 36.6. The van der Waals surface area contributed by atoms with Gasteiger partial charge in [0.2, 0.25) is 0 Å². The summed E-state index contributed by atoms with van der Waals surface area (Å²) >= 11 is 0. The molecule has 0 heterocycles. The van der Waals surface area contributed by atoms with Gasteiger partial charge in [-0.3, -0.25) is 16.0 Å². The summed E-state index contributed by atoms with van der Waals surface area (Å²) in [5.41, 5.74) is 1.06. The Morgan fingerprint density at radius 3 is 1.03 bits per heavy atom. The average Bonchev–Trinajstić information content (AvgIpc) is 2.83. The number of benzene rings is 1. The fraction of sp³-hybridized carbons (Fsp3) is 0.667. The zero-order valence-corrected chi connectivity index (χ0v) is 22.3. The number of anilines is 3. The van der Waals surface area contributed by atoms with E-state index < -0.39 is 18.3 Å². The summed E-state index contributed by atoms with van der Waals surface area (Å²) in [7, 11) is 0. The minimum absolute atomic E-state index is 0.323. The number of hydrogen-bond acceptors (Lipinski definition) is 6. The molecule has 0 aliphatic heterocycles. The molecule has 9 nitrogen and oxygen atoms in total. The maximum Gasteiger partial charge on any atom is 0.411 e. The predicted molar refractivity (Wildman–Crippen MR) is 144 cm³/mol. The van der Waals surface area contributed by atoms with Crippen molar-refractivity contribution in [3.63, 3.8) is 0 Å². The highest BCUT2D eigenvalue weighted by molar-refractivity contribution is 5.93. The van der Waals surface area contributed by atoms with Gasteiger partial charge in [-0.05, 0) is 37.5 Å². The van der Waals surface area contributed by atoms with Crippen LogP contribution in [0.25, 0.3) is 0 Å². The summed E-state index contributed by atoms with van der Waals surface area (Å²) in [5.74, 6) is 0. The lowest BCUT2D eigenvalue weighted by Crippen LogP contribution is -2.18. The minimum Gasteiger partial charge on any atom is -0.449 e. The van der Waals surface area contributed by atoms with Gasteiger partial charge < -0.3 is 14.2 Å². The van der Waals surface area contributed by atoms with E-state index >= 15 is 0 Å². The van der Waals surface area contributed by atoms with Crippen LogP contribution in [-0.4, -0.2) is 38.1 Å². The van der Waals surface area contributed by atoms with Crippen molar-refractivity contribution in [1.82, 2.24) is 0 Å². The van der Waals surface area contributed by atoms with Crippen LogP contribution < -0.4 is 16.0 Å². The highest BCUT2D eigenvalue weighted by Gasteiger charge is 2.11. The zero-order valence-electron chi connectivity index (χ0n) is 22.3. The van der Waals surface area contributed by atoms with E-state index in [9.17, 15) is 14.4 Å². The molecule has 0 aliphatic rings. The average molecular weight is 508 g/mol. The van der Waals surface area contributed by atoms with Crippen molar-refractivity contribution >= 4 is 35.3 Å². The van der Waals surface area contributed by atoms with Crippen molar-refractivity contribution in [1.29, 1.82) is 0 Å². The van der Waals surface area contributed by atoms with Gasteiger partial charge in [0.15, 0.2) is 0 Å². The van der Waals surface area contributed by atoms with Crippen molar-refractivity contribution in [2.75, 3.05) is 35.8 Å². The van der Waals surface area contributed by atoms with E-state index in [0.29, 0.717) is 36.9 Å². The Kier molecular flexibility index (Phi) is 17.5. The predicted octanol–water partition coefficient (Wildman–Crippen LogP) is 8.07. The van der Waals surface area contributed by atoms with Crippen LogP contribution in [0.5, 0.6) is 0 Å². The number of ether oxygens (including phenoxy) is 3. The van der Waals surface area contributed by atoms with Crippen LogP contribution in [0.1, 0.15) is 97.8 Å². The van der Waals surface area contributed by atoms with E-state index in [4.69, 9.17) is 14.2 Å². The molecule has 0 saturated heterocycles. The molecular weight excluding hydrogens is 462 g/mol. The Balaban J connectivity index is 2.73. The Morgan fingerprint density at radius 1 is 0.500 bits per heavy atom. The number of amides is 3. The van der Waals surface area contributed by atoms with Gasteiger partial charge in [-0.25, -0.2) is 14.4 Å². The smallest absolute Gasteiger partial charge is 0.411 e. The molecule has 1 aromatic rings. The summed E-state index contributed by atoms with van der Waals surface area (Å²) < 4.78 is 15.7. The molecule has 1 aromatic carbocycles. The Hall–Kier alpha value is -2.97. The molecule has 0 unspecified atom stereocenters. The number of rotatable bonds is 18.